The van der Waals surface area contributed by atoms with Crippen LogP contribution >= 0.6 is 23.4 Å². The van der Waals surface area contributed by atoms with Crippen LogP contribution in [0.25, 0.3) is 0 Å². The first-order chi connectivity index (χ1) is 11.5. The highest BCUT2D eigenvalue weighted by molar-refractivity contribution is 7.98. The van der Waals surface area contributed by atoms with Gasteiger partial charge in [-0.05, 0) is 36.6 Å². The molecule has 0 fully saturated rings. The lowest BCUT2D eigenvalue weighted by molar-refractivity contribution is -0.119. The number of thioether (sulfide) groups is 1. The summed E-state index contributed by atoms with van der Waals surface area (Å²) in [5.41, 5.74) is 0.812. The van der Waals surface area contributed by atoms with Gasteiger partial charge in [0.25, 0.3) is 5.91 Å². The van der Waals surface area contributed by atoms with Crippen molar-refractivity contribution in [2.24, 2.45) is 0 Å². The highest BCUT2D eigenvalue weighted by Gasteiger charge is 2.15. The number of nitriles is 1. The van der Waals surface area contributed by atoms with Crippen LogP contribution in [-0.2, 0) is 9.53 Å². The average Bonchev–Trinajstić information content (AvgIpc) is 2.59. The fraction of sp³-hybridized carbons (Fsp3) is 0.125. The molecule has 0 atom stereocenters. The molecule has 0 bridgehead atoms. The van der Waals surface area contributed by atoms with Gasteiger partial charge >= 0.3 is 5.97 Å². The van der Waals surface area contributed by atoms with Crippen molar-refractivity contribution in [1.82, 2.24) is 4.98 Å². The Bertz CT molecular complexity index is 820. The van der Waals surface area contributed by atoms with E-state index in [1.54, 1.807) is 30.7 Å². The molecule has 0 unspecified atom stereocenters. The molecule has 1 amide bonds. The van der Waals surface area contributed by atoms with Crippen molar-refractivity contribution in [3.05, 3.63) is 52.7 Å². The summed E-state index contributed by atoms with van der Waals surface area (Å²) in [7, 11) is 0. The van der Waals surface area contributed by atoms with E-state index >= 15 is 0 Å². The summed E-state index contributed by atoms with van der Waals surface area (Å²) < 4.78 is 4.99. The van der Waals surface area contributed by atoms with E-state index in [0.29, 0.717) is 15.6 Å². The van der Waals surface area contributed by atoms with Gasteiger partial charge in [0, 0.05) is 11.2 Å². The molecular weight excluding hydrogens is 350 g/mol. The molecule has 1 N–H and O–H groups in total. The fourth-order valence-corrected chi connectivity index (χ4v) is 2.53. The number of nitrogens with one attached hydrogen (secondary N) is 1. The molecule has 0 spiro atoms. The number of anilines is 1. The zero-order valence-corrected chi connectivity index (χ0v) is 14.1. The third kappa shape index (κ3) is 4.47. The quantitative estimate of drug-likeness (QED) is 0.649. The molecule has 0 aliphatic heterocycles. The Balaban J connectivity index is 2.00. The van der Waals surface area contributed by atoms with Gasteiger partial charge in [-0.1, -0.05) is 11.6 Å². The molecule has 6 nitrogen and oxygen atoms in total. The van der Waals surface area contributed by atoms with Gasteiger partial charge in [-0.15, -0.1) is 11.8 Å². The number of halogens is 1. The minimum Gasteiger partial charge on any atom is -0.452 e. The highest BCUT2D eigenvalue weighted by atomic mass is 35.5. The maximum absolute atomic E-state index is 12.0. The molecule has 1 aromatic heterocycles. The van der Waals surface area contributed by atoms with Crippen molar-refractivity contribution in [3.63, 3.8) is 0 Å². The second kappa shape index (κ2) is 8.34. The second-order valence-electron chi connectivity index (χ2n) is 4.49. The molecule has 0 radical (unpaired) electrons. The number of pyridine rings is 1. The normalized spacial score (nSPS) is 9.88. The third-order valence-corrected chi connectivity index (χ3v) is 3.84. The first-order valence-corrected chi connectivity index (χ1v) is 8.31. The Kier molecular flexibility index (Phi) is 6.18. The van der Waals surface area contributed by atoms with Crippen molar-refractivity contribution in [1.29, 1.82) is 5.26 Å². The minimum atomic E-state index is -0.644. The van der Waals surface area contributed by atoms with Crippen LogP contribution in [0.3, 0.4) is 0 Å². The number of ether oxygens (including phenoxy) is 1. The van der Waals surface area contributed by atoms with Crippen LogP contribution < -0.4 is 5.32 Å². The van der Waals surface area contributed by atoms with E-state index in [1.807, 2.05) is 6.07 Å². The highest BCUT2D eigenvalue weighted by Crippen LogP contribution is 2.20. The van der Waals surface area contributed by atoms with Crippen LogP contribution in [0.4, 0.5) is 5.69 Å². The Labute approximate surface area is 147 Å². The van der Waals surface area contributed by atoms with Crippen LogP contribution in [0.2, 0.25) is 5.02 Å². The van der Waals surface area contributed by atoms with Crippen molar-refractivity contribution < 1.29 is 14.3 Å². The first-order valence-electron chi connectivity index (χ1n) is 6.70. The molecular formula is C16H12ClN3O3S. The zero-order chi connectivity index (χ0) is 17.5. The summed E-state index contributed by atoms with van der Waals surface area (Å²) in [6.07, 6.45) is 3.35. The molecule has 122 valence electrons. The number of benzene rings is 1. The first kappa shape index (κ1) is 17.8. The summed E-state index contributed by atoms with van der Waals surface area (Å²) in [5.74, 6) is -1.22. The van der Waals surface area contributed by atoms with E-state index in [9.17, 15) is 9.59 Å². The molecule has 0 aliphatic rings. The van der Waals surface area contributed by atoms with Gasteiger partial charge < -0.3 is 10.1 Å². The maximum Gasteiger partial charge on any atom is 0.341 e. The zero-order valence-electron chi connectivity index (χ0n) is 12.6. The van der Waals surface area contributed by atoms with Crippen molar-refractivity contribution in [3.8, 4) is 6.07 Å². The number of aromatic nitrogens is 1. The van der Waals surface area contributed by atoms with Gasteiger partial charge in [0.1, 0.15) is 11.1 Å². The lowest BCUT2D eigenvalue weighted by atomic mass is 10.2. The maximum atomic E-state index is 12.0. The van der Waals surface area contributed by atoms with Crippen LogP contribution in [0.5, 0.6) is 0 Å². The molecule has 24 heavy (non-hydrogen) atoms. The fourth-order valence-electron chi connectivity index (χ4n) is 1.82. The summed E-state index contributed by atoms with van der Waals surface area (Å²) in [5, 5.41) is 12.4. The van der Waals surface area contributed by atoms with Crippen molar-refractivity contribution >= 4 is 40.9 Å². The summed E-state index contributed by atoms with van der Waals surface area (Å²) in [6.45, 7) is -0.487. The van der Waals surface area contributed by atoms with Gasteiger partial charge in [-0.2, -0.15) is 5.26 Å². The number of hydrogen-bond acceptors (Lipinski definition) is 6. The van der Waals surface area contributed by atoms with E-state index < -0.39 is 18.5 Å². The number of carbonyl (C=O) groups excluding carboxylic acids is 2. The van der Waals surface area contributed by atoms with Crippen LogP contribution in [0, 0.1) is 11.3 Å². The molecule has 1 aromatic carbocycles. The Hall–Kier alpha value is -2.56. The number of esters is 1. The SMILES string of the molecule is CSc1ncccc1C(=O)OCC(=O)Nc1cc(Cl)ccc1C#N. The lowest BCUT2D eigenvalue weighted by Crippen LogP contribution is -2.21. The molecule has 0 saturated heterocycles. The topological polar surface area (TPSA) is 92.1 Å². The third-order valence-electron chi connectivity index (χ3n) is 2.89. The van der Waals surface area contributed by atoms with Crippen LogP contribution in [0.15, 0.2) is 41.6 Å². The van der Waals surface area contributed by atoms with E-state index in [0.717, 1.165) is 0 Å². The molecule has 1 heterocycles. The van der Waals surface area contributed by atoms with Gasteiger partial charge in [0.15, 0.2) is 6.61 Å². The van der Waals surface area contributed by atoms with Gasteiger partial charge in [0.05, 0.1) is 16.8 Å². The molecule has 0 saturated carbocycles. The standard InChI is InChI=1S/C16H12ClN3O3S/c1-24-15-12(3-2-6-19-15)16(22)23-9-14(21)20-13-7-11(17)5-4-10(13)8-18/h2-7H,9H2,1H3,(H,20,21). The summed E-state index contributed by atoms with van der Waals surface area (Å²) in [4.78, 5) is 28.0. The molecule has 8 heteroatoms. The van der Waals surface area contributed by atoms with Gasteiger partial charge in [-0.3, -0.25) is 4.79 Å². The summed E-state index contributed by atoms with van der Waals surface area (Å²) in [6, 6.07) is 9.61. The van der Waals surface area contributed by atoms with E-state index in [4.69, 9.17) is 21.6 Å². The molecule has 2 aromatic rings. The predicted octanol–water partition coefficient (Wildman–Crippen LogP) is 3.12. The summed E-state index contributed by atoms with van der Waals surface area (Å²) >= 11 is 7.15. The number of hydrogen-bond donors (Lipinski definition) is 1. The number of amides is 1. The molecule has 0 aliphatic carbocycles. The Morgan fingerprint density at radius 2 is 2.21 bits per heavy atom. The Morgan fingerprint density at radius 3 is 2.92 bits per heavy atom. The monoisotopic (exact) mass is 361 g/mol. The second-order valence-corrected chi connectivity index (χ2v) is 5.72. The average molecular weight is 362 g/mol. The van der Waals surface area contributed by atoms with Crippen LogP contribution in [-0.4, -0.2) is 29.7 Å². The Morgan fingerprint density at radius 1 is 1.42 bits per heavy atom. The van der Waals surface area contributed by atoms with E-state index in [-0.39, 0.29) is 11.3 Å². The van der Waals surface area contributed by atoms with E-state index in [2.05, 4.69) is 10.3 Å². The molecule has 2 rings (SSSR count). The number of nitrogens with zero attached hydrogens (tertiary/aromatic N) is 2. The smallest absolute Gasteiger partial charge is 0.341 e. The predicted molar refractivity (Wildman–Crippen MR) is 91.1 cm³/mol. The van der Waals surface area contributed by atoms with Crippen LogP contribution in [0.1, 0.15) is 15.9 Å². The van der Waals surface area contributed by atoms with E-state index in [1.165, 1.54) is 23.9 Å². The number of carbonyl (C=O) groups is 2. The van der Waals surface area contributed by atoms with Gasteiger partial charge in [-0.25, -0.2) is 9.78 Å². The lowest BCUT2D eigenvalue weighted by Gasteiger charge is -2.09. The van der Waals surface area contributed by atoms with Gasteiger partial charge in [0.2, 0.25) is 0 Å². The number of rotatable bonds is 5. The van der Waals surface area contributed by atoms with Crippen molar-refractivity contribution in [2.45, 2.75) is 5.03 Å². The largest absolute Gasteiger partial charge is 0.452 e. The van der Waals surface area contributed by atoms with Crippen molar-refractivity contribution in [2.75, 3.05) is 18.2 Å². The minimum absolute atomic E-state index is 0.260.